The van der Waals surface area contributed by atoms with Gasteiger partial charge in [0, 0.05) is 30.2 Å². The number of aromatic nitrogens is 2. The summed E-state index contributed by atoms with van der Waals surface area (Å²) in [6.07, 6.45) is 2.14. The molecule has 2 aromatic heterocycles. The molecule has 29 heavy (non-hydrogen) atoms. The Balaban J connectivity index is 1.49. The molecule has 0 aliphatic carbocycles. The number of rotatable bonds is 5. The zero-order chi connectivity index (χ0) is 20.4. The first-order valence-corrected chi connectivity index (χ1v) is 9.65. The van der Waals surface area contributed by atoms with Crippen LogP contribution in [-0.2, 0) is 0 Å². The van der Waals surface area contributed by atoms with Crippen molar-refractivity contribution in [3.8, 4) is 17.0 Å². The highest BCUT2D eigenvalue weighted by atomic mass is 19.1. The van der Waals surface area contributed by atoms with Gasteiger partial charge in [-0.3, -0.25) is 9.69 Å². The molecule has 1 fully saturated rings. The van der Waals surface area contributed by atoms with Crippen molar-refractivity contribution < 1.29 is 13.9 Å². The Kier molecular flexibility index (Phi) is 5.35. The summed E-state index contributed by atoms with van der Waals surface area (Å²) < 4.78 is 20.2. The lowest BCUT2D eigenvalue weighted by molar-refractivity contribution is 0.121. The molecular formula is C21H23FN4O3. The van der Waals surface area contributed by atoms with E-state index in [2.05, 4.69) is 9.88 Å². The van der Waals surface area contributed by atoms with Crippen molar-refractivity contribution in [2.75, 3.05) is 26.2 Å². The number of alkyl halides is 1. The molecule has 1 aliphatic rings. The molecule has 152 valence electrons. The Morgan fingerprint density at radius 1 is 1.31 bits per heavy atom. The summed E-state index contributed by atoms with van der Waals surface area (Å²) in [7, 11) is 0. The molecule has 1 aromatic carbocycles. The topological polar surface area (TPSA) is 93.3 Å². The van der Waals surface area contributed by atoms with Crippen molar-refractivity contribution >= 4 is 16.9 Å². The fourth-order valence-corrected chi connectivity index (χ4v) is 3.71. The Labute approximate surface area is 166 Å². The maximum Gasteiger partial charge on any atom is 0.325 e. The predicted octanol–water partition coefficient (Wildman–Crippen LogP) is 2.74. The van der Waals surface area contributed by atoms with Gasteiger partial charge in [0.05, 0.1) is 11.3 Å². The highest BCUT2D eigenvalue weighted by molar-refractivity contribution is 5.87. The number of carbonyl (C=O) groups is 1. The van der Waals surface area contributed by atoms with Crippen LogP contribution in [0.25, 0.3) is 22.2 Å². The number of halogens is 1. The van der Waals surface area contributed by atoms with Gasteiger partial charge in [-0.25, -0.2) is 13.8 Å². The molecule has 1 atom stereocenters. The second-order valence-corrected chi connectivity index (χ2v) is 7.26. The van der Waals surface area contributed by atoms with Gasteiger partial charge in [0.25, 0.3) is 5.56 Å². The molecule has 0 saturated carbocycles. The summed E-state index contributed by atoms with van der Waals surface area (Å²) in [6, 6.07) is 9.87. The average Bonchev–Trinajstić information content (AvgIpc) is 3.11. The number of hydrogen-bond donors (Lipinski definition) is 2. The van der Waals surface area contributed by atoms with Gasteiger partial charge in [0.1, 0.15) is 18.5 Å². The van der Waals surface area contributed by atoms with E-state index in [1.807, 2.05) is 24.3 Å². The first-order chi connectivity index (χ1) is 14.0. The second kappa shape index (κ2) is 8.08. The number of nitrogens with zero attached hydrogens (tertiary/aromatic N) is 2. The SMILES string of the molecule is NC(=O)n1cccc(-c2cc3cc(OCCN4CCCC(F)C4)ccc3[nH]2)c1=O. The van der Waals surface area contributed by atoms with E-state index < -0.39 is 17.8 Å². The van der Waals surface area contributed by atoms with E-state index >= 15 is 0 Å². The van der Waals surface area contributed by atoms with Gasteiger partial charge in [0.15, 0.2) is 0 Å². The number of amides is 1. The third-order valence-electron chi connectivity index (χ3n) is 5.19. The van der Waals surface area contributed by atoms with E-state index in [9.17, 15) is 14.0 Å². The number of aromatic amines is 1. The summed E-state index contributed by atoms with van der Waals surface area (Å²) in [6.45, 7) is 2.55. The number of carbonyl (C=O) groups excluding carboxylic acids is 1. The molecule has 1 saturated heterocycles. The van der Waals surface area contributed by atoms with Crippen LogP contribution in [-0.4, -0.2) is 52.9 Å². The van der Waals surface area contributed by atoms with Crippen LogP contribution in [0.2, 0.25) is 0 Å². The number of H-pyrrole nitrogens is 1. The van der Waals surface area contributed by atoms with Gasteiger partial charge in [-0.15, -0.1) is 0 Å². The Bertz CT molecular complexity index is 1090. The predicted molar refractivity (Wildman–Crippen MR) is 109 cm³/mol. The lowest BCUT2D eigenvalue weighted by atomic mass is 10.1. The van der Waals surface area contributed by atoms with Gasteiger partial charge >= 0.3 is 6.03 Å². The Morgan fingerprint density at radius 2 is 2.17 bits per heavy atom. The molecule has 0 bridgehead atoms. The summed E-state index contributed by atoms with van der Waals surface area (Å²) in [5, 5.41) is 0.883. The fraction of sp³-hybridized carbons (Fsp3) is 0.333. The lowest BCUT2D eigenvalue weighted by Gasteiger charge is -2.28. The van der Waals surface area contributed by atoms with E-state index in [4.69, 9.17) is 10.5 Å². The molecule has 3 N–H and O–H groups in total. The Hall–Kier alpha value is -3.13. The first-order valence-electron chi connectivity index (χ1n) is 9.65. The molecule has 3 aromatic rings. The standard InChI is InChI=1S/C21H23FN4O3/c22-15-3-1-7-25(13-15)9-10-29-16-5-6-18-14(11-16)12-19(24-18)17-4-2-8-26(20(17)27)21(23)28/h2,4-6,8,11-12,15,24H,1,3,7,9-10,13H2,(H2,23,28). The number of benzene rings is 1. The van der Waals surface area contributed by atoms with E-state index in [-0.39, 0.29) is 0 Å². The van der Waals surface area contributed by atoms with Crippen molar-refractivity contribution in [2.24, 2.45) is 5.73 Å². The van der Waals surface area contributed by atoms with Gasteiger partial charge in [-0.1, -0.05) is 0 Å². The van der Waals surface area contributed by atoms with Gasteiger partial charge in [-0.2, -0.15) is 0 Å². The Morgan fingerprint density at radius 3 is 2.97 bits per heavy atom. The van der Waals surface area contributed by atoms with Crippen LogP contribution >= 0.6 is 0 Å². The lowest BCUT2D eigenvalue weighted by Crippen LogP contribution is -2.38. The summed E-state index contributed by atoms with van der Waals surface area (Å²) in [4.78, 5) is 29.1. The molecule has 1 aliphatic heterocycles. The zero-order valence-corrected chi connectivity index (χ0v) is 15.9. The van der Waals surface area contributed by atoms with E-state index in [1.54, 1.807) is 12.1 Å². The molecule has 1 amide bonds. The minimum Gasteiger partial charge on any atom is -0.492 e. The van der Waals surface area contributed by atoms with Crippen molar-refractivity contribution in [3.05, 3.63) is 52.9 Å². The number of fused-ring (bicyclic) bond motifs is 1. The van der Waals surface area contributed by atoms with Gasteiger partial charge in [0.2, 0.25) is 0 Å². The van der Waals surface area contributed by atoms with Crippen molar-refractivity contribution in [1.82, 2.24) is 14.5 Å². The highest BCUT2D eigenvalue weighted by Crippen LogP contribution is 2.25. The van der Waals surface area contributed by atoms with Crippen LogP contribution < -0.4 is 16.0 Å². The van der Waals surface area contributed by atoms with Gasteiger partial charge < -0.3 is 15.5 Å². The van der Waals surface area contributed by atoms with Crippen LogP contribution in [0.15, 0.2) is 47.4 Å². The quantitative estimate of drug-likeness (QED) is 0.691. The fourth-order valence-electron chi connectivity index (χ4n) is 3.71. The van der Waals surface area contributed by atoms with Crippen LogP contribution in [0.1, 0.15) is 12.8 Å². The number of likely N-dealkylation sites (tertiary alicyclic amines) is 1. The third kappa shape index (κ3) is 4.17. The molecule has 0 spiro atoms. The number of nitrogens with one attached hydrogen (secondary N) is 1. The highest BCUT2D eigenvalue weighted by Gasteiger charge is 2.18. The first kappa shape index (κ1) is 19.2. The number of primary amides is 1. The molecule has 1 unspecified atom stereocenters. The molecule has 0 radical (unpaired) electrons. The number of piperidine rings is 1. The largest absolute Gasteiger partial charge is 0.492 e. The minimum atomic E-state index is -0.823. The van der Waals surface area contributed by atoms with Crippen molar-refractivity contribution in [3.63, 3.8) is 0 Å². The average molecular weight is 398 g/mol. The summed E-state index contributed by atoms with van der Waals surface area (Å²) in [5.74, 6) is 0.708. The molecule has 4 rings (SSSR count). The van der Waals surface area contributed by atoms with Crippen molar-refractivity contribution in [1.29, 1.82) is 0 Å². The number of nitrogens with two attached hydrogens (primary N) is 1. The monoisotopic (exact) mass is 398 g/mol. The number of ether oxygens (including phenoxy) is 1. The minimum absolute atomic E-state index is 0.357. The van der Waals surface area contributed by atoms with Crippen molar-refractivity contribution in [2.45, 2.75) is 19.0 Å². The summed E-state index contributed by atoms with van der Waals surface area (Å²) in [5.41, 5.74) is 6.56. The maximum atomic E-state index is 13.5. The molecule has 7 nitrogen and oxygen atoms in total. The van der Waals surface area contributed by atoms with E-state index in [0.29, 0.717) is 43.1 Å². The number of hydrogen-bond acceptors (Lipinski definition) is 4. The maximum absolute atomic E-state index is 13.5. The summed E-state index contributed by atoms with van der Waals surface area (Å²) >= 11 is 0. The molecular weight excluding hydrogens is 375 g/mol. The molecule has 8 heteroatoms. The molecule has 3 heterocycles. The van der Waals surface area contributed by atoms with Crippen LogP contribution in [0.3, 0.4) is 0 Å². The zero-order valence-electron chi connectivity index (χ0n) is 15.9. The van der Waals surface area contributed by atoms with Crippen LogP contribution in [0.5, 0.6) is 5.75 Å². The number of pyridine rings is 1. The second-order valence-electron chi connectivity index (χ2n) is 7.26. The normalized spacial score (nSPS) is 17.5. The van der Waals surface area contributed by atoms with Crippen LogP contribution in [0, 0.1) is 0 Å². The van der Waals surface area contributed by atoms with Crippen LogP contribution in [0.4, 0.5) is 9.18 Å². The smallest absolute Gasteiger partial charge is 0.325 e. The van der Waals surface area contributed by atoms with E-state index in [0.717, 1.165) is 28.4 Å². The van der Waals surface area contributed by atoms with E-state index in [1.165, 1.54) is 6.20 Å². The third-order valence-corrected chi connectivity index (χ3v) is 5.19. The van der Waals surface area contributed by atoms with Gasteiger partial charge in [-0.05, 0) is 55.8 Å².